The number of benzene rings is 1. The van der Waals surface area contributed by atoms with Crippen LogP contribution in [0.15, 0.2) is 60.9 Å². The number of hydrogen-bond acceptors (Lipinski definition) is 4. The number of aromatic nitrogens is 4. The van der Waals surface area contributed by atoms with Gasteiger partial charge in [-0.25, -0.2) is 9.97 Å². The Labute approximate surface area is 148 Å². The van der Waals surface area contributed by atoms with E-state index in [4.69, 9.17) is 33.2 Å². The van der Waals surface area contributed by atoms with Crippen molar-refractivity contribution in [2.24, 2.45) is 0 Å². The molecule has 3 heterocycles. The van der Waals surface area contributed by atoms with Crippen molar-refractivity contribution in [1.82, 2.24) is 19.9 Å². The van der Waals surface area contributed by atoms with Gasteiger partial charge in [-0.15, -0.1) is 0 Å². The molecule has 0 aliphatic carbocycles. The van der Waals surface area contributed by atoms with Crippen LogP contribution >= 0.6 is 23.2 Å². The minimum atomic E-state index is 0.381. The second kappa shape index (κ2) is 6.15. The van der Waals surface area contributed by atoms with Crippen LogP contribution in [0.5, 0.6) is 0 Å². The predicted octanol–water partition coefficient (Wildman–Crippen LogP) is 5.06. The van der Waals surface area contributed by atoms with E-state index in [1.54, 1.807) is 24.5 Å². The molecule has 0 N–H and O–H groups in total. The predicted molar refractivity (Wildman–Crippen MR) is 96.0 cm³/mol. The first kappa shape index (κ1) is 15.0. The van der Waals surface area contributed by atoms with E-state index in [-0.39, 0.29) is 0 Å². The monoisotopic (exact) mass is 352 g/mol. The Balaban J connectivity index is 2.08. The molecule has 24 heavy (non-hydrogen) atoms. The van der Waals surface area contributed by atoms with E-state index in [1.807, 2.05) is 36.4 Å². The van der Waals surface area contributed by atoms with Crippen LogP contribution in [0.4, 0.5) is 0 Å². The first-order chi connectivity index (χ1) is 11.7. The normalized spacial score (nSPS) is 10.9. The summed E-state index contributed by atoms with van der Waals surface area (Å²) in [6.45, 7) is 0. The van der Waals surface area contributed by atoms with E-state index in [0.29, 0.717) is 38.2 Å². The van der Waals surface area contributed by atoms with E-state index in [1.165, 1.54) is 0 Å². The minimum absolute atomic E-state index is 0.381. The number of pyridine rings is 2. The van der Waals surface area contributed by atoms with Crippen LogP contribution in [0, 0.1) is 0 Å². The molecule has 0 spiro atoms. The molecule has 0 atom stereocenters. The highest BCUT2D eigenvalue weighted by Crippen LogP contribution is 2.33. The average Bonchev–Trinajstić information content (AvgIpc) is 2.65. The van der Waals surface area contributed by atoms with Gasteiger partial charge in [-0.3, -0.25) is 9.97 Å². The van der Waals surface area contributed by atoms with Gasteiger partial charge in [0.15, 0.2) is 0 Å². The zero-order chi connectivity index (χ0) is 16.5. The number of hydrogen-bond donors (Lipinski definition) is 0. The Morgan fingerprint density at radius 1 is 0.667 bits per heavy atom. The molecule has 4 aromatic rings. The topological polar surface area (TPSA) is 51.6 Å². The molecule has 0 aliphatic rings. The molecule has 0 radical (unpaired) electrons. The largest absolute Gasteiger partial charge is 0.255 e. The van der Waals surface area contributed by atoms with E-state index >= 15 is 0 Å². The van der Waals surface area contributed by atoms with Crippen LogP contribution in [0.25, 0.3) is 33.8 Å². The molecule has 116 valence electrons. The van der Waals surface area contributed by atoms with E-state index in [9.17, 15) is 0 Å². The quantitative estimate of drug-likeness (QED) is 0.505. The van der Waals surface area contributed by atoms with Gasteiger partial charge in [0.25, 0.3) is 0 Å². The molecule has 0 bridgehead atoms. The highest BCUT2D eigenvalue weighted by atomic mass is 35.5. The second-order valence-corrected chi connectivity index (χ2v) is 5.87. The van der Waals surface area contributed by atoms with Crippen LogP contribution in [0.1, 0.15) is 0 Å². The fraction of sp³-hybridized carbons (Fsp3) is 0. The number of halogens is 2. The van der Waals surface area contributed by atoms with Gasteiger partial charge in [-0.2, -0.15) is 0 Å². The zero-order valence-corrected chi connectivity index (χ0v) is 13.8. The van der Waals surface area contributed by atoms with Crippen molar-refractivity contribution < 1.29 is 0 Å². The summed E-state index contributed by atoms with van der Waals surface area (Å²) in [4.78, 5) is 18.2. The summed E-state index contributed by atoms with van der Waals surface area (Å²) in [5, 5.41) is 0.822. The van der Waals surface area contributed by atoms with Gasteiger partial charge >= 0.3 is 0 Å². The van der Waals surface area contributed by atoms with Crippen molar-refractivity contribution in [2.75, 3.05) is 0 Å². The summed E-state index contributed by atoms with van der Waals surface area (Å²) in [5.41, 5.74) is 3.89. The lowest BCUT2D eigenvalue weighted by molar-refractivity contribution is 1.21. The Morgan fingerprint density at radius 3 is 1.88 bits per heavy atom. The first-order valence-electron chi connectivity index (χ1n) is 7.22. The lowest BCUT2D eigenvalue weighted by Gasteiger charge is -2.10. The number of rotatable bonds is 2. The standard InChI is InChI=1S/C18H10Cl2N4/c19-11-7-8-14-16(15(11)20)24-18(13-6-2-4-10-22-13)17(23-14)12-5-1-3-9-21-12/h1-10H. The minimum Gasteiger partial charge on any atom is -0.255 e. The SMILES string of the molecule is Clc1ccc2nc(-c3ccccn3)c(-c3ccccn3)nc2c1Cl. The Kier molecular flexibility index (Phi) is 3.84. The smallest absolute Gasteiger partial charge is 0.117 e. The number of nitrogens with zero attached hydrogens (tertiary/aromatic N) is 4. The maximum atomic E-state index is 6.31. The molecular formula is C18H10Cl2N4. The molecule has 0 saturated heterocycles. The van der Waals surface area contributed by atoms with Crippen molar-refractivity contribution in [2.45, 2.75) is 0 Å². The molecular weight excluding hydrogens is 343 g/mol. The average molecular weight is 353 g/mol. The highest BCUT2D eigenvalue weighted by Gasteiger charge is 2.17. The van der Waals surface area contributed by atoms with Gasteiger partial charge < -0.3 is 0 Å². The van der Waals surface area contributed by atoms with Gasteiger partial charge in [-0.1, -0.05) is 35.3 Å². The van der Waals surface area contributed by atoms with Gasteiger partial charge in [-0.05, 0) is 36.4 Å². The Morgan fingerprint density at radius 2 is 1.29 bits per heavy atom. The summed E-state index contributed by atoms with van der Waals surface area (Å²) < 4.78 is 0. The molecule has 3 aromatic heterocycles. The molecule has 6 heteroatoms. The van der Waals surface area contributed by atoms with Crippen molar-refractivity contribution in [3.05, 3.63) is 71.0 Å². The van der Waals surface area contributed by atoms with Gasteiger partial charge in [0, 0.05) is 12.4 Å². The van der Waals surface area contributed by atoms with E-state index in [0.717, 1.165) is 5.69 Å². The van der Waals surface area contributed by atoms with Crippen LogP contribution in [-0.2, 0) is 0 Å². The van der Waals surface area contributed by atoms with Crippen LogP contribution in [0.2, 0.25) is 10.0 Å². The highest BCUT2D eigenvalue weighted by molar-refractivity contribution is 6.44. The van der Waals surface area contributed by atoms with Crippen LogP contribution in [0.3, 0.4) is 0 Å². The molecule has 0 saturated carbocycles. The fourth-order valence-electron chi connectivity index (χ4n) is 2.43. The van der Waals surface area contributed by atoms with E-state index < -0.39 is 0 Å². The molecule has 1 aromatic carbocycles. The second-order valence-electron chi connectivity index (χ2n) is 5.08. The van der Waals surface area contributed by atoms with E-state index in [2.05, 4.69) is 9.97 Å². The zero-order valence-electron chi connectivity index (χ0n) is 12.3. The fourth-order valence-corrected chi connectivity index (χ4v) is 2.78. The molecule has 0 amide bonds. The third kappa shape index (κ3) is 2.60. The summed E-state index contributed by atoms with van der Waals surface area (Å²) >= 11 is 12.4. The van der Waals surface area contributed by atoms with Crippen molar-refractivity contribution in [1.29, 1.82) is 0 Å². The maximum absolute atomic E-state index is 6.31. The summed E-state index contributed by atoms with van der Waals surface area (Å²) in [5.74, 6) is 0. The van der Waals surface area contributed by atoms with Crippen LogP contribution < -0.4 is 0 Å². The molecule has 4 nitrogen and oxygen atoms in total. The molecule has 0 unspecified atom stereocenters. The van der Waals surface area contributed by atoms with Crippen molar-refractivity contribution >= 4 is 34.2 Å². The molecule has 0 fully saturated rings. The van der Waals surface area contributed by atoms with Crippen molar-refractivity contribution in [3.8, 4) is 22.8 Å². The lowest BCUT2D eigenvalue weighted by Crippen LogP contribution is -1.98. The maximum Gasteiger partial charge on any atom is 0.117 e. The summed E-state index contributed by atoms with van der Waals surface area (Å²) in [6, 6.07) is 14.8. The Bertz CT molecular complexity index is 1020. The first-order valence-corrected chi connectivity index (χ1v) is 7.98. The summed E-state index contributed by atoms with van der Waals surface area (Å²) in [6.07, 6.45) is 3.43. The van der Waals surface area contributed by atoms with Crippen molar-refractivity contribution in [3.63, 3.8) is 0 Å². The molecule has 0 aliphatic heterocycles. The van der Waals surface area contributed by atoms with Crippen LogP contribution in [-0.4, -0.2) is 19.9 Å². The van der Waals surface area contributed by atoms with Gasteiger partial charge in [0.05, 0.1) is 26.9 Å². The number of fused-ring (bicyclic) bond motifs is 1. The van der Waals surface area contributed by atoms with Gasteiger partial charge in [0.2, 0.25) is 0 Å². The van der Waals surface area contributed by atoms with Gasteiger partial charge in [0.1, 0.15) is 16.9 Å². The Hall–Kier alpha value is -2.56. The third-order valence-electron chi connectivity index (χ3n) is 3.54. The summed E-state index contributed by atoms with van der Waals surface area (Å²) in [7, 11) is 0. The molecule has 4 rings (SSSR count). The lowest BCUT2D eigenvalue weighted by atomic mass is 10.1. The third-order valence-corrected chi connectivity index (χ3v) is 4.34.